The lowest BCUT2D eigenvalue weighted by Crippen LogP contribution is -2.38. The molecule has 1 aliphatic carbocycles. The molecule has 5 nitrogen and oxygen atoms in total. The lowest BCUT2D eigenvalue weighted by atomic mass is 9.95. The monoisotopic (exact) mass is 306 g/mol. The van der Waals surface area contributed by atoms with Crippen molar-refractivity contribution in [3.63, 3.8) is 0 Å². The van der Waals surface area contributed by atoms with Crippen LogP contribution in [0.1, 0.15) is 18.4 Å². The van der Waals surface area contributed by atoms with Gasteiger partial charge >= 0.3 is 0 Å². The van der Waals surface area contributed by atoms with E-state index in [0.717, 1.165) is 0 Å². The second-order valence-corrected chi connectivity index (χ2v) is 5.23. The number of hydrogen-bond acceptors (Lipinski definition) is 4. The second-order valence-electron chi connectivity index (χ2n) is 4.87. The van der Waals surface area contributed by atoms with Crippen LogP contribution in [0.25, 0.3) is 0 Å². The van der Waals surface area contributed by atoms with E-state index < -0.39 is 5.41 Å². The fourth-order valence-corrected chi connectivity index (χ4v) is 2.35. The van der Waals surface area contributed by atoms with Gasteiger partial charge in [-0.3, -0.25) is 15.6 Å². The zero-order chi connectivity index (χ0) is 14.9. The first-order chi connectivity index (χ1) is 10.1. The molecular formula is C14H12ClFN4O. The van der Waals surface area contributed by atoms with E-state index in [1.807, 2.05) is 0 Å². The molecule has 0 bridgehead atoms. The summed E-state index contributed by atoms with van der Waals surface area (Å²) in [4.78, 5) is 20.1. The van der Waals surface area contributed by atoms with E-state index in [0.29, 0.717) is 18.4 Å². The number of nitrogens with zero attached hydrogens (tertiary/aromatic N) is 2. The largest absolute Gasteiger partial charge is 0.279 e. The summed E-state index contributed by atoms with van der Waals surface area (Å²) in [5, 5.41) is 0.161. The molecule has 1 aliphatic rings. The van der Waals surface area contributed by atoms with Gasteiger partial charge in [-0.05, 0) is 30.5 Å². The summed E-state index contributed by atoms with van der Waals surface area (Å²) in [6, 6.07) is 6.10. The number of anilines is 1. The van der Waals surface area contributed by atoms with Crippen molar-refractivity contribution >= 4 is 23.3 Å². The van der Waals surface area contributed by atoms with Crippen LogP contribution in [0.2, 0.25) is 5.15 Å². The Morgan fingerprint density at radius 2 is 2.05 bits per heavy atom. The number of carbonyl (C=O) groups is 1. The van der Waals surface area contributed by atoms with Crippen LogP contribution in [0.3, 0.4) is 0 Å². The lowest BCUT2D eigenvalue weighted by molar-refractivity contribution is -0.123. The summed E-state index contributed by atoms with van der Waals surface area (Å²) in [5.74, 6) is -0.325. The summed E-state index contributed by atoms with van der Waals surface area (Å²) >= 11 is 5.84. The molecule has 1 amide bonds. The zero-order valence-electron chi connectivity index (χ0n) is 10.9. The number of benzene rings is 1. The molecule has 0 atom stereocenters. The van der Waals surface area contributed by atoms with Gasteiger partial charge in [0, 0.05) is 12.4 Å². The van der Waals surface area contributed by atoms with Crippen molar-refractivity contribution in [1.82, 2.24) is 15.4 Å². The van der Waals surface area contributed by atoms with Gasteiger partial charge in [0.2, 0.25) is 5.91 Å². The molecule has 1 heterocycles. The lowest BCUT2D eigenvalue weighted by Gasteiger charge is -2.16. The van der Waals surface area contributed by atoms with Crippen LogP contribution in [0.15, 0.2) is 36.7 Å². The van der Waals surface area contributed by atoms with Crippen LogP contribution in [0, 0.1) is 5.82 Å². The number of halogens is 2. The van der Waals surface area contributed by atoms with Crippen LogP contribution in [0.4, 0.5) is 10.2 Å². The molecule has 0 saturated heterocycles. The molecule has 2 N–H and O–H groups in total. The molecule has 1 fully saturated rings. The van der Waals surface area contributed by atoms with Crippen molar-refractivity contribution in [1.29, 1.82) is 0 Å². The molecule has 3 rings (SSSR count). The Kier molecular flexibility index (Phi) is 3.47. The maximum Gasteiger partial charge on any atom is 0.249 e. The molecular weight excluding hydrogens is 295 g/mol. The van der Waals surface area contributed by atoms with Crippen LogP contribution < -0.4 is 10.9 Å². The van der Waals surface area contributed by atoms with Crippen molar-refractivity contribution in [2.45, 2.75) is 18.3 Å². The van der Waals surface area contributed by atoms with Crippen LogP contribution in [-0.2, 0) is 10.2 Å². The van der Waals surface area contributed by atoms with Gasteiger partial charge in [-0.1, -0.05) is 23.7 Å². The highest BCUT2D eigenvalue weighted by atomic mass is 35.5. The molecule has 1 aromatic heterocycles. The van der Waals surface area contributed by atoms with Gasteiger partial charge in [0.15, 0.2) is 11.0 Å². The van der Waals surface area contributed by atoms with E-state index in [2.05, 4.69) is 20.8 Å². The average Bonchev–Trinajstić information content (AvgIpc) is 3.28. The molecule has 0 radical (unpaired) electrons. The van der Waals surface area contributed by atoms with Crippen molar-refractivity contribution in [3.8, 4) is 0 Å². The van der Waals surface area contributed by atoms with Crippen LogP contribution >= 0.6 is 11.6 Å². The minimum atomic E-state index is -0.677. The summed E-state index contributed by atoms with van der Waals surface area (Å²) in [5.41, 5.74) is 5.20. The van der Waals surface area contributed by atoms with Gasteiger partial charge in [0.1, 0.15) is 5.82 Å². The Morgan fingerprint density at radius 3 is 2.71 bits per heavy atom. The zero-order valence-corrected chi connectivity index (χ0v) is 11.7. The maximum absolute atomic E-state index is 13.3. The molecule has 7 heteroatoms. The van der Waals surface area contributed by atoms with Crippen molar-refractivity contribution in [2.75, 3.05) is 5.43 Å². The minimum Gasteiger partial charge on any atom is -0.279 e. The fraction of sp³-hybridized carbons (Fsp3) is 0.214. The Labute approximate surface area is 125 Å². The predicted octanol–water partition coefficient (Wildman–Crippen LogP) is 2.44. The van der Waals surface area contributed by atoms with E-state index in [9.17, 15) is 9.18 Å². The number of amides is 1. The number of rotatable bonds is 4. The topological polar surface area (TPSA) is 66.9 Å². The highest BCUT2D eigenvalue weighted by molar-refractivity contribution is 6.31. The summed E-state index contributed by atoms with van der Waals surface area (Å²) < 4.78 is 13.3. The molecule has 2 aromatic rings. The van der Waals surface area contributed by atoms with Gasteiger partial charge in [-0.25, -0.2) is 14.4 Å². The Hall–Kier alpha value is -2.21. The molecule has 21 heavy (non-hydrogen) atoms. The van der Waals surface area contributed by atoms with Crippen LogP contribution in [0.5, 0.6) is 0 Å². The molecule has 0 spiro atoms. The number of carbonyl (C=O) groups excluding carboxylic acids is 1. The number of aromatic nitrogens is 2. The van der Waals surface area contributed by atoms with Gasteiger partial charge in [0.25, 0.3) is 0 Å². The van der Waals surface area contributed by atoms with Crippen molar-refractivity contribution in [2.24, 2.45) is 0 Å². The third-order valence-corrected chi connectivity index (χ3v) is 3.79. The first kappa shape index (κ1) is 13.8. The molecule has 0 unspecified atom stereocenters. The standard InChI is InChI=1S/C14H12ClFN4O/c15-11-12(18-7-6-17-11)19-20-13(21)14(4-5-14)9-2-1-3-10(16)8-9/h1-3,6-8H,4-5H2,(H,18,19)(H,20,21). The van der Waals surface area contributed by atoms with E-state index in [-0.39, 0.29) is 22.7 Å². The highest BCUT2D eigenvalue weighted by Gasteiger charge is 2.51. The quantitative estimate of drug-likeness (QED) is 0.852. The van der Waals surface area contributed by atoms with Crippen molar-refractivity contribution in [3.05, 3.63) is 53.2 Å². The average molecular weight is 307 g/mol. The second kappa shape index (κ2) is 5.29. The van der Waals surface area contributed by atoms with E-state index in [4.69, 9.17) is 11.6 Å². The maximum atomic E-state index is 13.3. The molecule has 1 aromatic carbocycles. The van der Waals surface area contributed by atoms with Crippen LogP contribution in [-0.4, -0.2) is 15.9 Å². The van der Waals surface area contributed by atoms with E-state index in [1.54, 1.807) is 12.1 Å². The molecule has 108 valence electrons. The normalized spacial score (nSPS) is 15.3. The SMILES string of the molecule is O=C(NNc1nccnc1Cl)C1(c2cccc(F)c2)CC1. The first-order valence-corrected chi connectivity index (χ1v) is 6.79. The third kappa shape index (κ3) is 2.67. The number of hydrogen-bond donors (Lipinski definition) is 2. The van der Waals surface area contributed by atoms with E-state index in [1.165, 1.54) is 24.5 Å². The van der Waals surface area contributed by atoms with E-state index >= 15 is 0 Å². The van der Waals surface area contributed by atoms with Gasteiger partial charge < -0.3 is 0 Å². The van der Waals surface area contributed by atoms with Gasteiger partial charge in [-0.2, -0.15) is 0 Å². The third-order valence-electron chi connectivity index (χ3n) is 3.51. The minimum absolute atomic E-state index is 0.161. The van der Waals surface area contributed by atoms with Crippen molar-refractivity contribution < 1.29 is 9.18 Å². The Bertz CT molecular complexity index is 690. The summed E-state index contributed by atoms with van der Waals surface area (Å²) in [6.07, 6.45) is 4.26. The van der Waals surface area contributed by atoms with Gasteiger partial charge in [0.05, 0.1) is 5.41 Å². The summed E-state index contributed by atoms with van der Waals surface area (Å²) in [6.45, 7) is 0. The Morgan fingerprint density at radius 1 is 1.29 bits per heavy atom. The highest BCUT2D eigenvalue weighted by Crippen LogP contribution is 2.48. The number of nitrogens with one attached hydrogen (secondary N) is 2. The first-order valence-electron chi connectivity index (χ1n) is 6.41. The molecule has 1 saturated carbocycles. The summed E-state index contributed by atoms with van der Waals surface area (Å²) in [7, 11) is 0. The smallest absolute Gasteiger partial charge is 0.249 e. The molecule has 0 aliphatic heterocycles. The fourth-order valence-electron chi connectivity index (χ4n) is 2.20. The Balaban J connectivity index is 1.72. The van der Waals surface area contributed by atoms with Gasteiger partial charge in [-0.15, -0.1) is 0 Å². The predicted molar refractivity (Wildman–Crippen MR) is 76.1 cm³/mol. The number of hydrazine groups is 1.